The number of hydrogen-bond donors (Lipinski definition) is 3. The zero-order valence-corrected chi connectivity index (χ0v) is 11.5. The molecule has 1 saturated carbocycles. The van der Waals surface area contributed by atoms with Gasteiger partial charge in [-0.05, 0) is 36.8 Å². The maximum atomic E-state index is 11.7. The third-order valence-corrected chi connectivity index (χ3v) is 3.89. The number of rotatable bonds is 6. The standard InChI is InChI=1S/C15H22N2O3/c16-13-6-1-2-7-14(13)20-10-15(19)17-8-11-4-3-5-12(11)9-18/h1-2,6-7,11-12,18H,3-5,8-10,16H2,(H,17,19). The number of anilines is 1. The van der Waals surface area contributed by atoms with Crippen molar-refractivity contribution in [2.45, 2.75) is 19.3 Å². The van der Waals surface area contributed by atoms with E-state index in [1.165, 1.54) is 0 Å². The number of carbonyl (C=O) groups excluding carboxylic acids is 1. The lowest BCUT2D eigenvalue weighted by Crippen LogP contribution is -2.34. The first-order chi connectivity index (χ1) is 9.70. The zero-order valence-electron chi connectivity index (χ0n) is 11.5. The smallest absolute Gasteiger partial charge is 0.257 e. The lowest BCUT2D eigenvalue weighted by Gasteiger charge is -2.18. The second-order valence-corrected chi connectivity index (χ2v) is 5.26. The van der Waals surface area contributed by atoms with E-state index in [-0.39, 0.29) is 19.1 Å². The van der Waals surface area contributed by atoms with E-state index in [0.717, 1.165) is 19.3 Å². The Bertz CT molecular complexity index is 450. The van der Waals surface area contributed by atoms with E-state index in [1.807, 2.05) is 12.1 Å². The number of hydrogen-bond acceptors (Lipinski definition) is 4. The van der Waals surface area contributed by atoms with Crippen molar-refractivity contribution in [2.24, 2.45) is 11.8 Å². The highest BCUT2D eigenvalue weighted by molar-refractivity contribution is 5.77. The highest BCUT2D eigenvalue weighted by atomic mass is 16.5. The molecule has 4 N–H and O–H groups in total. The molecule has 0 spiro atoms. The number of nitrogens with two attached hydrogens (primary N) is 1. The third kappa shape index (κ3) is 3.87. The van der Waals surface area contributed by atoms with Gasteiger partial charge in [-0.1, -0.05) is 18.6 Å². The van der Waals surface area contributed by atoms with Gasteiger partial charge < -0.3 is 20.9 Å². The molecule has 5 nitrogen and oxygen atoms in total. The van der Waals surface area contributed by atoms with Crippen LogP contribution < -0.4 is 15.8 Å². The molecular weight excluding hydrogens is 256 g/mol. The van der Waals surface area contributed by atoms with Crippen molar-refractivity contribution < 1.29 is 14.6 Å². The van der Waals surface area contributed by atoms with Crippen LogP contribution >= 0.6 is 0 Å². The molecule has 2 rings (SSSR count). The van der Waals surface area contributed by atoms with Crippen molar-refractivity contribution in [2.75, 3.05) is 25.5 Å². The fourth-order valence-corrected chi connectivity index (χ4v) is 2.67. The van der Waals surface area contributed by atoms with Crippen LogP contribution in [-0.4, -0.2) is 30.8 Å². The Hall–Kier alpha value is -1.75. The molecule has 0 aromatic heterocycles. The van der Waals surface area contributed by atoms with Crippen LogP contribution in [0.3, 0.4) is 0 Å². The summed E-state index contributed by atoms with van der Waals surface area (Å²) in [5, 5.41) is 12.1. The van der Waals surface area contributed by atoms with Crippen LogP contribution in [0.2, 0.25) is 0 Å². The summed E-state index contributed by atoms with van der Waals surface area (Å²) in [6, 6.07) is 7.10. The number of nitrogen functional groups attached to an aromatic ring is 1. The minimum atomic E-state index is -0.156. The van der Waals surface area contributed by atoms with Crippen LogP contribution in [-0.2, 0) is 4.79 Å². The topological polar surface area (TPSA) is 84.6 Å². The molecule has 0 aliphatic heterocycles. The Labute approximate surface area is 119 Å². The quantitative estimate of drug-likeness (QED) is 0.682. The van der Waals surface area contributed by atoms with Gasteiger partial charge in [0.05, 0.1) is 5.69 Å². The van der Waals surface area contributed by atoms with Gasteiger partial charge in [0, 0.05) is 13.2 Å². The Morgan fingerprint density at radius 1 is 1.35 bits per heavy atom. The first-order valence-electron chi connectivity index (χ1n) is 7.05. The number of para-hydroxylation sites is 2. The van der Waals surface area contributed by atoms with Crippen LogP contribution in [0.4, 0.5) is 5.69 Å². The largest absolute Gasteiger partial charge is 0.482 e. The van der Waals surface area contributed by atoms with Gasteiger partial charge in [0.2, 0.25) is 0 Å². The van der Waals surface area contributed by atoms with Gasteiger partial charge in [0.1, 0.15) is 5.75 Å². The SMILES string of the molecule is Nc1ccccc1OCC(=O)NCC1CCCC1CO. The van der Waals surface area contributed by atoms with Crippen molar-refractivity contribution in [3.63, 3.8) is 0 Å². The number of aliphatic hydroxyl groups excluding tert-OH is 1. The number of ether oxygens (including phenoxy) is 1. The molecule has 0 heterocycles. The van der Waals surface area contributed by atoms with Crippen LogP contribution in [0.25, 0.3) is 0 Å². The van der Waals surface area contributed by atoms with Gasteiger partial charge in [-0.3, -0.25) is 4.79 Å². The second kappa shape index (κ2) is 7.14. The molecule has 5 heteroatoms. The van der Waals surface area contributed by atoms with Gasteiger partial charge in [-0.2, -0.15) is 0 Å². The van der Waals surface area contributed by atoms with Crippen molar-refractivity contribution >= 4 is 11.6 Å². The van der Waals surface area contributed by atoms with Gasteiger partial charge >= 0.3 is 0 Å². The summed E-state index contributed by atoms with van der Waals surface area (Å²) < 4.78 is 5.38. The number of amides is 1. The molecule has 1 fully saturated rings. The lowest BCUT2D eigenvalue weighted by atomic mass is 9.97. The number of benzene rings is 1. The van der Waals surface area contributed by atoms with Crippen molar-refractivity contribution in [3.05, 3.63) is 24.3 Å². The van der Waals surface area contributed by atoms with E-state index >= 15 is 0 Å². The number of nitrogens with one attached hydrogen (secondary N) is 1. The lowest BCUT2D eigenvalue weighted by molar-refractivity contribution is -0.123. The van der Waals surface area contributed by atoms with Crippen molar-refractivity contribution in [1.82, 2.24) is 5.32 Å². The van der Waals surface area contributed by atoms with Gasteiger partial charge in [-0.25, -0.2) is 0 Å². The average Bonchev–Trinajstić information content (AvgIpc) is 2.91. The Morgan fingerprint density at radius 2 is 2.10 bits per heavy atom. The molecule has 1 aromatic rings. The predicted molar refractivity (Wildman–Crippen MR) is 77.3 cm³/mol. The monoisotopic (exact) mass is 278 g/mol. The number of carbonyl (C=O) groups is 1. The summed E-state index contributed by atoms with van der Waals surface area (Å²) in [6.07, 6.45) is 3.24. The first kappa shape index (κ1) is 14.7. The maximum Gasteiger partial charge on any atom is 0.257 e. The molecule has 1 amide bonds. The molecule has 2 atom stereocenters. The maximum absolute atomic E-state index is 11.7. The molecule has 0 radical (unpaired) electrons. The minimum Gasteiger partial charge on any atom is -0.482 e. The molecule has 0 saturated heterocycles. The molecule has 1 aliphatic rings. The summed E-state index contributed by atoms with van der Waals surface area (Å²) >= 11 is 0. The first-order valence-corrected chi connectivity index (χ1v) is 7.05. The molecular formula is C15H22N2O3. The van der Waals surface area contributed by atoms with E-state index < -0.39 is 0 Å². The third-order valence-electron chi connectivity index (χ3n) is 3.89. The summed E-state index contributed by atoms with van der Waals surface area (Å²) in [7, 11) is 0. The summed E-state index contributed by atoms with van der Waals surface area (Å²) in [5.41, 5.74) is 6.26. The van der Waals surface area contributed by atoms with Gasteiger partial charge in [-0.15, -0.1) is 0 Å². The summed E-state index contributed by atoms with van der Waals surface area (Å²) in [5.74, 6) is 1.07. The average molecular weight is 278 g/mol. The van der Waals surface area contributed by atoms with E-state index in [0.29, 0.717) is 29.8 Å². The van der Waals surface area contributed by atoms with E-state index in [1.54, 1.807) is 12.1 Å². The highest BCUT2D eigenvalue weighted by Crippen LogP contribution is 2.30. The highest BCUT2D eigenvalue weighted by Gasteiger charge is 2.26. The molecule has 1 aromatic carbocycles. The Morgan fingerprint density at radius 3 is 2.85 bits per heavy atom. The fraction of sp³-hybridized carbons (Fsp3) is 0.533. The molecule has 2 unspecified atom stereocenters. The fourth-order valence-electron chi connectivity index (χ4n) is 2.67. The van der Waals surface area contributed by atoms with E-state index in [9.17, 15) is 9.90 Å². The molecule has 0 bridgehead atoms. The number of aliphatic hydroxyl groups is 1. The van der Waals surface area contributed by atoms with Gasteiger partial charge in [0.25, 0.3) is 5.91 Å². The predicted octanol–water partition coefficient (Wildman–Crippen LogP) is 1.17. The zero-order chi connectivity index (χ0) is 14.4. The molecule has 1 aliphatic carbocycles. The second-order valence-electron chi connectivity index (χ2n) is 5.26. The van der Waals surface area contributed by atoms with Gasteiger partial charge in [0.15, 0.2) is 6.61 Å². The minimum absolute atomic E-state index is 0.0370. The Balaban J connectivity index is 1.72. The van der Waals surface area contributed by atoms with Crippen LogP contribution in [0.5, 0.6) is 5.75 Å². The van der Waals surface area contributed by atoms with Crippen molar-refractivity contribution in [3.8, 4) is 5.75 Å². The summed E-state index contributed by atoms with van der Waals surface area (Å²) in [4.78, 5) is 11.7. The Kier molecular flexibility index (Phi) is 5.24. The van der Waals surface area contributed by atoms with Crippen LogP contribution in [0.15, 0.2) is 24.3 Å². The molecule has 20 heavy (non-hydrogen) atoms. The van der Waals surface area contributed by atoms with Crippen LogP contribution in [0.1, 0.15) is 19.3 Å². The molecule has 110 valence electrons. The van der Waals surface area contributed by atoms with E-state index in [2.05, 4.69) is 5.32 Å². The van der Waals surface area contributed by atoms with Crippen LogP contribution in [0, 0.1) is 11.8 Å². The normalized spacial score (nSPS) is 21.6. The summed E-state index contributed by atoms with van der Waals surface area (Å²) in [6.45, 7) is 0.778. The van der Waals surface area contributed by atoms with Crippen molar-refractivity contribution in [1.29, 1.82) is 0 Å². The van der Waals surface area contributed by atoms with E-state index in [4.69, 9.17) is 10.5 Å².